The van der Waals surface area contributed by atoms with Gasteiger partial charge in [-0.3, -0.25) is 9.59 Å². The predicted octanol–water partition coefficient (Wildman–Crippen LogP) is 11.3. The molecule has 0 fully saturated rings. The van der Waals surface area contributed by atoms with Crippen molar-refractivity contribution in [3.8, 4) is 0 Å². The van der Waals surface area contributed by atoms with E-state index in [1.54, 1.807) is 0 Å². The molecule has 0 rings (SSSR count). The fourth-order valence-corrected chi connectivity index (χ4v) is 5.63. The fraction of sp³-hybridized carbons (Fsp3) is 0.947. The van der Waals surface area contributed by atoms with E-state index in [1.807, 2.05) is 0 Å². The molecule has 0 aliphatic carbocycles. The molecule has 0 aromatic heterocycles. The normalized spacial score (nSPS) is 12.3. The molecule has 0 aromatic rings. The zero-order valence-electron chi connectivity index (χ0n) is 29.3. The van der Waals surface area contributed by atoms with E-state index in [0.717, 1.165) is 43.9 Å². The predicted molar refractivity (Wildman–Crippen MR) is 182 cm³/mol. The second kappa shape index (κ2) is 32.3. The van der Waals surface area contributed by atoms with E-state index < -0.39 is 6.10 Å². The molecule has 0 amide bonds. The summed E-state index contributed by atoms with van der Waals surface area (Å²) in [5.74, 6) is 1.08. The highest BCUT2D eigenvalue weighted by Gasteiger charge is 2.16. The summed E-state index contributed by atoms with van der Waals surface area (Å²) in [6.45, 7) is 8.81. The lowest BCUT2D eigenvalue weighted by molar-refractivity contribution is -0.161. The Morgan fingerprint density at radius 1 is 0.465 bits per heavy atom. The van der Waals surface area contributed by atoms with E-state index >= 15 is 0 Å². The minimum atomic E-state index is -0.762. The smallest absolute Gasteiger partial charge is 0.306 e. The zero-order valence-corrected chi connectivity index (χ0v) is 29.3. The maximum atomic E-state index is 12.1. The van der Waals surface area contributed by atoms with E-state index in [1.165, 1.54) is 128 Å². The molecule has 256 valence electrons. The topological polar surface area (TPSA) is 72.8 Å². The van der Waals surface area contributed by atoms with Crippen LogP contribution in [0.5, 0.6) is 0 Å². The largest absolute Gasteiger partial charge is 0.462 e. The van der Waals surface area contributed by atoms with Crippen LogP contribution in [0.4, 0.5) is 0 Å². The Kier molecular flexibility index (Phi) is 31.5. The van der Waals surface area contributed by atoms with Crippen molar-refractivity contribution in [1.82, 2.24) is 0 Å². The van der Waals surface area contributed by atoms with Gasteiger partial charge >= 0.3 is 11.9 Å². The molecule has 1 N–H and O–H groups in total. The number of aliphatic hydroxyl groups excluding tert-OH is 1. The van der Waals surface area contributed by atoms with Crippen LogP contribution in [0.15, 0.2) is 0 Å². The number of hydrogen-bond donors (Lipinski definition) is 1. The molecule has 5 nitrogen and oxygen atoms in total. The lowest BCUT2D eigenvalue weighted by atomic mass is 10.0. The number of unbranched alkanes of at least 4 members (excludes halogenated alkanes) is 21. The highest BCUT2D eigenvalue weighted by Crippen LogP contribution is 2.16. The van der Waals surface area contributed by atoms with E-state index in [9.17, 15) is 14.7 Å². The number of esters is 2. The SMILES string of the molecule is CC(C)CCCCCCCCCCCCCCCCCC(=O)OC[C@H](CO)OC(=O)CCCCCCCCCCC(C)C. The maximum absolute atomic E-state index is 12.1. The number of hydrogen-bond acceptors (Lipinski definition) is 5. The van der Waals surface area contributed by atoms with Gasteiger partial charge in [-0.1, -0.05) is 175 Å². The van der Waals surface area contributed by atoms with E-state index in [4.69, 9.17) is 9.47 Å². The molecule has 0 saturated heterocycles. The summed E-state index contributed by atoms with van der Waals surface area (Å²) in [4.78, 5) is 24.2. The van der Waals surface area contributed by atoms with Gasteiger partial charge in [0.05, 0.1) is 6.61 Å². The average Bonchev–Trinajstić information content (AvgIpc) is 2.97. The summed E-state index contributed by atoms with van der Waals surface area (Å²) < 4.78 is 10.6. The standard InChI is InChI=1S/C38H74O5/c1-34(2)28-24-20-16-12-10-8-6-5-7-9-11-13-18-22-26-30-37(40)42-33-36(32-39)43-38(41)31-27-23-19-15-14-17-21-25-29-35(3)4/h34-36,39H,5-33H2,1-4H3/t36-/m0/s1. The summed E-state index contributed by atoms with van der Waals surface area (Å²) >= 11 is 0. The van der Waals surface area contributed by atoms with Crippen molar-refractivity contribution in [2.24, 2.45) is 11.8 Å². The van der Waals surface area contributed by atoms with Crippen molar-refractivity contribution in [1.29, 1.82) is 0 Å². The van der Waals surface area contributed by atoms with Gasteiger partial charge in [0.2, 0.25) is 0 Å². The Morgan fingerprint density at radius 2 is 0.767 bits per heavy atom. The zero-order chi connectivity index (χ0) is 31.8. The molecule has 0 radical (unpaired) electrons. The van der Waals surface area contributed by atoms with E-state index in [0.29, 0.717) is 12.8 Å². The van der Waals surface area contributed by atoms with Crippen LogP contribution < -0.4 is 0 Å². The first-order valence-corrected chi connectivity index (χ1v) is 18.8. The molecule has 0 bridgehead atoms. The van der Waals surface area contributed by atoms with Gasteiger partial charge in [-0.05, 0) is 24.7 Å². The maximum Gasteiger partial charge on any atom is 0.306 e. The summed E-state index contributed by atoms with van der Waals surface area (Å²) in [5.41, 5.74) is 0. The van der Waals surface area contributed by atoms with Crippen LogP contribution in [0.25, 0.3) is 0 Å². The second-order valence-electron chi connectivity index (χ2n) is 14.0. The number of carbonyl (C=O) groups excluding carboxylic acids is 2. The number of aliphatic hydroxyl groups is 1. The van der Waals surface area contributed by atoms with Crippen molar-refractivity contribution in [3.05, 3.63) is 0 Å². The van der Waals surface area contributed by atoms with Crippen LogP contribution in [-0.2, 0) is 19.1 Å². The van der Waals surface area contributed by atoms with Crippen molar-refractivity contribution in [2.45, 2.75) is 207 Å². The van der Waals surface area contributed by atoms with Crippen molar-refractivity contribution >= 4 is 11.9 Å². The van der Waals surface area contributed by atoms with Gasteiger partial charge in [-0.15, -0.1) is 0 Å². The molecule has 0 heterocycles. The highest BCUT2D eigenvalue weighted by atomic mass is 16.6. The molecular weight excluding hydrogens is 536 g/mol. The molecule has 0 aliphatic heterocycles. The van der Waals surface area contributed by atoms with E-state index in [-0.39, 0.29) is 25.2 Å². The summed E-state index contributed by atoms with van der Waals surface area (Å²) in [7, 11) is 0. The van der Waals surface area contributed by atoms with Gasteiger partial charge in [0.25, 0.3) is 0 Å². The number of carbonyl (C=O) groups is 2. The highest BCUT2D eigenvalue weighted by molar-refractivity contribution is 5.70. The first kappa shape index (κ1) is 41.9. The van der Waals surface area contributed by atoms with Crippen molar-refractivity contribution < 1.29 is 24.2 Å². The van der Waals surface area contributed by atoms with Crippen LogP contribution in [-0.4, -0.2) is 36.4 Å². The van der Waals surface area contributed by atoms with Gasteiger partial charge in [0.1, 0.15) is 6.61 Å². The molecule has 43 heavy (non-hydrogen) atoms. The first-order chi connectivity index (χ1) is 20.8. The third kappa shape index (κ3) is 33.6. The molecule has 5 heteroatoms. The van der Waals surface area contributed by atoms with Gasteiger partial charge in [-0.2, -0.15) is 0 Å². The third-order valence-electron chi connectivity index (χ3n) is 8.51. The minimum Gasteiger partial charge on any atom is -0.462 e. The molecule has 0 saturated carbocycles. The number of rotatable bonds is 33. The van der Waals surface area contributed by atoms with E-state index in [2.05, 4.69) is 27.7 Å². The summed E-state index contributed by atoms with van der Waals surface area (Å²) in [5, 5.41) is 9.52. The van der Waals surface area contributed by atoms with Crippen molar-refractivity contribution in [3.63, 3.8) is 0 Å². The lowest BCUT2D eigenvalue weighted by Gasteiger charge is -2.15. The van der Waals surface area contributed by atoms with Crippen LogP contribution >= 0.6 is 0 Å². The Balaban J connectivity index is 3.50. The Morgan fingerprint density at radius 3 is 1.09 bits per heavy atom. The molecule has 0 spiro atoms. The second-order valence-corrected chi connectivity index (χ2v) is 14.0. The quantitative estimate of drug-likeness (QED) is 0.0591. The van der Waals surface area contributed by atoms with Gasteiger partial charge in [0.15, 0.2) is 6.10 Å². The molecule has 0 aliphatic rings. The fourth-order valence-electron chi connectivity index (χ4n) is 5.63. The molecule has 0 aromatic carbocycles. The third-order valence-corrected chi connectivity index (χ3v) is 8.51. The minimum absolute atomic E-state index is 0.0593. The summed E-state index contributed by atoms with van der Waals surface area (Å²) in [6, 6.07) is 0. The van der Waals surface area contributed by atoms with Gasteiger partial charge < -0.3 is 14.6 Å². The van der Waals surface area contributed by atoms with Crippen LogP contribution in [0.3, 0.4) is 0 Å². The molecule has 1 atom stereocenters. The average molecular weight is 611 g/mol. The molecule has 0 unspecified atom stereocenters. The summed E-state index contributed by atoms with van der Waals surface area (Å²) in [6.07, 6.45) is 31.7. The Hall–Kier alpha value is -1.10. The number of ether oxygens (including phenoxy) is 2. The Bertz CT molecular complexity index is 603. The first-order valence-electron chi connectivity index (χ1n) is 18.8. The monoisotopic (exact) mass is 611 g/mol. The van der Waals surface area contributed by atoms with Gasteiger partial charge in [0, 0.05) is 12.8 Å². The Labute approximate surface area is 268 Å². The molecular formula is C38H74O5. The lowest BCUT2D eigenvalue weighted by Crippen LogP contribution is -2.28. The van der Waals surface area contributed by atoms with Crippen LogP contribution in [0.1, 0.15) is 201 Å². The van der Waals surface area contributed by atoms with Crippen LogP contribution in [0.2, 0.25) is 0 Å². The van der Waals surface area contributed by atoms with Gasteiger partial charge in [-0.25, -0.2) is 0 Å². The van der Waals surface area contributed by atoms with Crippen LogP contribution in [0, 0.1) is 11.8 Å². The van der Waals surface area contributed by atoms with Crippen molar-refractivity contribution in [2.75, 3.05) is 13.2 Å².